The summed E-state index contributed by atoms with van der Waals surface area (Å²) in [5.74, 6) is 3.30. The zero-order valence-corrected chi connectivity index (χ0v) is 10.8. The molecule has 0 spiro atoms. The van der Waals surface area contributed by atoms with Crippen molar-refractivity contribution in [2.45, 2.75) is 33.2 Å². The zero-order chi connectivity index (χ0) is 10.8. The van der Waals surface area contributed by atoms with Crippen LogP contribution in [0.25, 0.3) is 0 Å². The second-order valence-electron chi connectivity index (χ2n) is 4.11. The molecule has 1 atom stereocenters. The number of methoxy groups -OCH3 is 1. The summed E-state index contributed by atoms with van der Waals surface area (Å²) in [4.78, 5) is 0. The number of hydrogen-bond donors (Lipinski definition) is 1. The van der Waals surface area contributed by atoms with Crippen molar-refractivity contribution in [3.05, 3.63) is 0 Å². The van der Waals surface area contributed by atoms with E-state index in [2.05, 4.69) is 26.1 Å². The second-order valence-corrected chi connectivity index (χ2v) is 5.26. The Morgan fingerprint density at radius 2 is 2.00 bits per heavy atom. The largest absolute Gasteiger partial charge is 0.385 e. The highest BCUT2D eigenvalue weighted by molar-refractivity contribution is 7.99. The number of hydrogen-bond acceptors (Lipinski definition) is 3. The van der Waals surface area contributed by atoms with Crippen molar-refractivity contribution in [3.8, 4) is 0 Å². The van der Waals surface area contributed by atoms with Gasteiger partial charge in [-0.25, -0.2) is 0 Å². The van der Waals surface area contributed by atoms with Crippen LogP contribution in [0.1, 0.15) is 27.2 Å². The molecule has 0 aliphatic heterocycles. The summed E-state index contributed by atoms with van der Waals surface area (Å²) in [6, 6.07) is 0.578. The predicted molar refractivity (Wildman–Crippen MR) is 66.1 cm³/mol. The molecule has 0 aromatic carbocycles. The summed E-state index contributed by atoms with van der Waals surface area (Å²) in [6.45, 7) is 8.71. The van der Waals surface area contributed by atoms with Crippen molar-refractivity contribution in [2.24, 2.45) is 5.92 Å². The Kier molecular flexibility index (Phi) is 10.0. The lowest BCUT2D eigenvalue weighted by Crippen LogP contribution is -2.29. The van der Waals surface area contributed by atoms with E-state index >= 15 is 0 Å². The highest BCUT2D eigenvalue weighted by Gasteiger charge is 2.00. The van der Waals surface area contributed by atoms with Gasteiger partial charge in [-0.2, -0.15) is 11.8 Å². The maximum Gasteiger partial charge on any atom is 0.0476 e. The van der Waals surface area contributed by atoms with Gasteiger partial charge in [0.2, 0.25) is 0 Å². The molecule has 0 radical (unpaired) electrons. The van der Waals surface area contributed by atoms with Gasteiger partial charge in [-0.3, -0.25) is 0 Å². The van der Waals surface area contributed by atoms with E-state index in [1.54, 1.807) is 7.11 Å². The van der Waals surface area contributed by atoms with Gasteiger partial charge in [-0.1, -0.05) is 13.8 Å². The number of ether oxygens (including phenoxy) is 1. The summed E-state index contributed by atoms with van der Waals surface area (Å²) in [5.41, 5.74) is 0. The smallest absolute Gasteiger partial charge is 0.0476 e. The number of nitrogens with one attached hydrogen (secondary N) is 1. The first-order valence-electron chi connectivity index (χ1n) is 5.47. The molecular formula is C11H25NOS. The fourth-order valence-corrected chi connectivity index (χ4v) is 1.99. The fourth-order valence-electron chi connectivity index (χ4n) is 1.09. The van der Waals surface area contributed by atoms with Crippen LogP contribution in [-0.4, -0.2) is 37.8 Å². The molecule has 0 bridgehead atoms. The molecule has 0 aliphatic rings. The number of rotatable bonds is 9. The molecule has 0 heterocycles. The van der Waals surface area contributed by atoms with E-state index in [0.717, 1.165) is 25.5 Å². The highest BCUT2D eigenvalue weighted by Crippen LogP contribution is 2.06. The molecular weight excluding hydrogens is 194 g/mol. The maximum absolute atomic E-state index is 5.03. The lowest BCUT2D eigenvalue weighted by atomic mass is 10.2. The van der Waals surface area contributed by atoms with Gasteiger partial charge in [0.25, 0.3) is 0 Å². The third kappa shape index (κ3) is 10.4. The van der Waals surface area contributed by atoms with Gasteiger partial charge >= 0.3 is 0 Å². The minimum absolute atomic E-state index is 0.578. The Bertz CT molecular complexity index is 120. The van der Waals surface area contributed by atoms with Crippen molar-refractivity contribution >= 4 is 11.8 Å². The third-order valence-electron chi connectivity index (χ3n) is 1.95. The molecule has 0 aliphatic carbocycles. The molecule has 0 aromatic heterocycles. The molecule has 3 heteroatoms. The third-order valence-corrected chi connectivity index (χ3v) is 3.34. The van der Waals surface area contributed by atoms with E-state index in [1.165, 1.54) is 11.5 Å². The van der Waals surface area contributed by atoms with Gasteiger partial charge in [0.15, 0.2) is 0 Å². The predicted octanol–water partition coefficient (Wildman–Crippen LogP) is 2.39. The van der Waals surface area contributed by atoms with E-state index < -0.39 is 0 Å². The average molecular weight is 219 g/mol. The van der Waals surface area contributed by atoms with Crippen LogP contribution in [0.3, 0.4) is 0 Å². The van der Waals surface area contributed by atoms with Gasteiger partial charge in [-0.05, 0) is 25.0 Å². The molecule has 86 valence electrons. The van der Waals surface area contributed by atoms with Crippen molar-refractivity contribution in [3.63, 3.8) is 0 Å². The Labute approximate surface area is 93.2 Å². The van der Waals surface area contributed by atoms with Gasteiger partial charge in [0.1, 0.15) is 0 Å². The topological polar surface area (TPSA) is 21.3 Å². The summed E-state index contributed by atoms with van der Waals surface area (Å²) in [5, 5.41) is 3.49. The Morgan fingerprint density at radius 3 is 2.57 bits per heavy atom. The average Bonchev–Trinajstić information content (AvgIpc) is 2.13. The molecule has 0 saturated heterocycles. The van der Waals surface area contributed by atoms with Crippen molar-refractivity contribution in [1.29, 1.82) is 0 Å². The zero-order valence-electron chi connectivity index (χ0n) is 10.0. The summed E-state index contributed by atoms with van der Waals surface area (Å²) in [7, 11) is 1.76. The highest BCUT2D eigenvalue weighted by atomic mass is 32.2. The van der Waals surface area contributed by atoms with E-state index in [1.807, 2.05) is 11.8 Å². The van der Waals surface area contributed by atoms with Crippen molar-refractivity contribution in [1.82, 2.24) is 5.32 Å². The van der Waals surface area contributed by atoms with Crippen molar-refractivity contribution in [2.75, 3.05) is 31.8 Å². The molecule has 1 unspecified atom stereocenters. The summed E-state index contributed by atoms with van der Waals surface area (Å²) in [6.07, 6.45) is 1.10. The Balaban J connectivity index is 3.10. The second kappa shape index (κ2) is 9.81. The molecule has 2 nitrogen and oxygen atoms in total. The normalized spacial score (nSPS) is 13.5. The van der Waals surface area contributed by atoms with Crippen LogP contribution < -0.4 is 5.32 Å². The first-order valence-corrected chi connectivity index (χ1v) is 6.62. The van der Waals surface area contributed by atoms with Gasteiger partial charge in [0.05, 0.1) is 0 Å². The maximum atomic E-state index is 5.03. The first kappa shape index (κ1) is 14.3. The van der Waals surface area contributed by atoms with Gasteiger partial charge in [0, 0.05) is 32.1 Å². The van der Waals surface area contributed by atoms with E-state index in [0.29, 0.717) is 6.04 Å². The lowest BCUT2D eigenvalue weighted by Gasteiger charge is -2.13. The van der Waals surface area contributed by atoms with Crippen LogP contribution in [-0.2, 0) is 4.74 Å². The minimum atomic E-state index is 0.578. The first-order chi connectivity index (χ1) is 6.66. The SMILES string of the molecule is COCCC(C)NCCSCC(C)C. The molecule has 1 N–H and O–H groups in total. The quantitative estimate of drug-likeness (QED) is 0.602. The van der Waals surface area contributed by atoms with Crippen molar-refractivity contribution < 1.29 is 4.74 Å². The van der Waals surface area contributed by atoms with E-state index in [4.69, 9.17) is 4.74 Å². The Hall–Kier alpha value is 0.270. The van der Waals surface area contributed by atoms with Crippen LogP contribution in [0.5, 0.6) is 0 Å². The molecule has 0 saturated carbocycles. The molecule has 14 heavy (non-hydrogen) atoms. The lowest BCUT2D eigenvalue weighted by molar-refractivity contribution is 0.185. The van der Waals surface area contributed by atoms with Crippen LogP contribution >= 0.6 is 11.8 Å². The van der Waals surface area contributed by atoms with Crippen LogP contribution in [0.15, 0.2) is 0 Å². The van der Waals surface area contributed by atoms with E-state index in [-0.39, 0.29) is 0 Å². The van der Waals surface area contributed by atoms with Crippen LogP contribution in [0.2, 0.25) is 0 Å². The number of thioether (sulfide) groups is 1. The fraction of sp³-hybridized carbons (Fsp3) is 1.00. The Morgan fingerprint density at radius 1 is 1.29 bits per heavy atom. The molecule has 0 rings (SSSR count). The summed E-state index contributed by atoms with van der Waals surface area (Å²) < 4.78 is 5.03. The monoisotopic (exact) mass is 219 g/mol. The molecule has 0 aromatic rings. The molecule has 0 fully saturated rings. The van der Waals surface area contributed by atoms with Gasteiger partial charge in [-0.15, -0.1) is 0 Å². The van der Waals surface area contributed by atoms with Crippen LogP contribution in [0.4, 0.5) is 0 Å². The van der Waals surface area contributed by atoms with Gasteiger partial charge < -0.3 is 10.1 Å². The molecule has 0 amide bonds. The van der Waals surface area contributed by atoms with Crippen LogP contribution in [0, 0.1) is 5.92 Å². The minimum Gasteiger partial charge on any atom is -0.385 e. The van der Waals surface area contributed by atoms with E-state index in [9.17, 15) is 0 Å². The summed E-state index contributed by atoms with van der Waals surface area (Å²) >= 11 is 2.03. The standard InChI is InChI=1S/C11H25NOS/c1-10(2)9-14-8-6-12-11(3)5-7-13-4/h10-12H,5-9H2,1-4H3.